The molecule has 0 aromatic rings. The van der Waals surface area contributed by atoms with Gasteiger partial charge in [0.05, 0.1) is 0 Å². The molecule has 0 N–H and O–H groups in total. The average molecular weight is 260 g/mol. The van der Waals surface area contributed by atoms with Crippen molar-refractivity contribution in [3.63, 3.8) is 0 Å². The Balaban J connectivity index is 3.24. The number of alkyl halides is 7. The van der Waals surface area contributed by atoms with Crippen molar-refractivity contribution in [2.24, 2.45) is 0 Å². The molecule has 2 nitrogen and oxygen atoms in total. The van der Waals surface area contributed by atoms with E-state index in [4.69, 9.17) is 0 Å². The van der Waals surface area contributed by atoms with Gasteiger partial charge < -0.3 is 4.74 Å². The summed E-state index contributed by atoms with van der Waals surface area (Å²) in [6.07, 6.45) is -12.1. The van der Waals surface area contributed by atoms with Crippen molar-refractivity contribution in [2.75, 3.05) is 0 Å². The van der Waals surface area contributed by atoms with Gasteiger partial charge in [-0.1, -0.05) is 11.6 Å². The lowest BCUT2D eigenvalue weighted by Crippen LogP contribution is -2.51. The molecule has 88 valence electrons. The van der Waals surface area contributed by atoms with Crippen LogP contribution in [0.15, 0.2) is 0 Å². The molecule has 1 aliphatic heterocycles. The molecule has 0 radical (unpaired) electrons. The van der Waals surface area contributed by atoms with Crippen molar-refractivity contribution < 1.29 is 40.3 Å². The maximum atomic E-state index is 12.0. The molecular formula is C5ClF7O2. The summed E-state index contributed by atoms with van der Waals surface area (Å²) in [4.78, 5) is 9.91. The predicted molar refractivity (Wildman–Crippen MR) is 30.6 cm³/mol. The standard InChI is InChI=1S/C5ClF7O2/c6-2(1(7)14)3(15-2,4(8,9)10)5(11,12)13. The molecule has 1 fully saturated rings. The van der Waals surface area contributed by atoms with E-state index >= 15 is 0 Å². The largest absolute Gasteiger partial charge is 0.431 e. The molecule has 1 unspecified atom stereocenters. The highest BCUT2D eigenvalue weighted by Gasteiger charge is 2.97. The molecule has 1 aliphatic rings. The second-order valence-corrected chi connectivity index (χ2v) is 3.18. The van der Waals surface area contributed by atoms with Gasteiger partial charge in [-0.25, -0.2) is 0 Å². The molecule has 0 amide bonds. The van der Waals surface area contributed by atoms with Gasteiger partial charge in [-0.2, -0.15) is 30.7 Å². The SMILES string of the molecule is O=C(F)C1(Cl)OC1(C(F)(F)F)C(F)(F)F. The van der Waals surface area contributed by atoms with E-state index in [-0.39, 0.29) is 0 Å². The zero-order valence-corrected chi connectivity index (χ0v) is 7.10. The van der Waals surface area contributed by atoms with Crippen LogP contribution in [0.1, 0.15) is 0 Å². The van der Waals surface area contributed by atoms with Gasteiger partial charge in [-0.05, 0) is 0 Å². The third kappa shape index (κ3) is 1.32. The molecular weight excluding hydrogens is 260 g/mol. The zero-order chi connectivity index (χ0) is 12.3. The topological polar surface area (TPSA) is 29.6 Å². The Bertz CT molecular complexity index is 293. The summed E-state index contributed by atoms with van der Waals surface area (Å²) in [7, 11) is 0. The van der Waals surface area contributed by atoms with Crippen LogP contribution >= 0.6 is 11.6 Å². The first-order valence-corrected chi connectivity index (χ1v) is 3.50. The Kier molecular flexibility index (Phi) is 2.30. The number of carbonyl (C=O) groups excluding carboxylic acids is 1. The minimum atomic E-state index is -6.03. The molecule has 0 spiro atoms. The van der Waals surface area contributed by atoms with Crippen LogP contribution in [0.25, 0.3) is 0 Å². The van der Waals surface area contributed by atoms with Gasteiger partial charge in [-0.3, -0.25) is 4.79 Å². The molecule has 0 aliphatic carbocycles. The Morgan fingerprint density at radius 1 is 1.07 bits per heavy atom. The molecule has 0 bridgehead atoms. The second-order valence-electron chi connectivity index (χ2n) is 2.65. The van der Waals surface area contributed by atoms with Gasteiger partial charge in [0.1, 0.15) is 0 Å². The van der Waals surface area contributed by atoms with E-state index < -0.39 is 29.1 Å². The minimum absolute atomic E-state index is 3.04. The first kappa shape index (κ1) is 12.5. The number of rotatable bonds is 1. The van der Waals surface area contributed by atoms with E-state index in [9.17, 15) is 35.5 Å². The van der Waals surface area contributed by atoms with Crippen molar-refractivity contribution in [3.05, 3.63) is 0 Å². The van der Waals surface area contributed by atoms with Crippen LogP contribution in [-0.4, -0.2) is 29.1 Å². The number of ether oxygens (including phenoxy) is 1. The Labute approximate surface area is 81.9 Å². The highest BCUT2D eigenvalue weighted by molar-refractivity contribution is 6.36. The maximum absolute atomic E-state index is 12.0. The van der Waals surface area contributed by atoms with Crippen LogP contribution in [0, 0.1) is 0 Å². The monoisotopic (exact) mass is 260 g/mol. The van der Waals surface area contributed by atoms with Gasteiger partial charge in [-0.15, -0.1) is 0 Å². The summed E-state index contributed by atoms with van der Waals surface area (Å²) in [5.41, 5.74) is -4.96. The van der Waals surface area contributed by atoms with Crippen LogP contribution in [0.4, 0.5) is 30.7 Å². The second kappa shape index (κ2) is 2.76. The fourth-order valence-corrected chi connectivity index (χ4v) is 1.34. The molecule has 1 saturated heterocycles. The van der Waals surface area contributed by atoms with Crippen molar-refractivity contribution in [2.45, 2.75) is 23.0 Å². The Hall–Kier alpha value is -0.570. The summed E-state index contributed by atoms with van der Waals surface area (Å²) < 4.78 is 87.0. The summed E-state index contributed by atoms with van der Waals surface area (Å²) in [6, 6.07) is -3.04. The lowest BCUT2D eigenvalue weighted by Gasteiger charge is -2.19. The number of hydrogen-bond acceptors (Lipinski definition) is 2. The normalized spacial score (nSPS) is 30.1. The smallest absolute Gasteiger partial charge is 0.319 e. The zero-order valence-electron chi connectivity index (χ0n) is 6.34. The molecule has 15 heavy (non-hydrogen) atoms. The van der Waals surface area contributed by atoms with Crippen molar-refractivity contribution in [1.82, 2.24) is 0 Å². The van der Waals surface area contributed by atoms with E-state index in [1.165, 1.54) is 0 Å². The molecule has 0 saturated carbocycles. The van der Waals surface area contributed by atoms with Gasteiger partial charge in [0.2, 0.25) is 0 Å². The highest BCUT2D eigenvalue weighted by atomic mass is 35.5. The third-order valence-corrected chi connectivity index (χ3v) is 2.25. The van der Waals surface area contributed by atoms with Crippen molar-refractivity contribution in [3.8, 4) is 0 Å². The van der Waals surface area contributed by atoms with Crippen LogP contribution in [-0.2, 0) is 9.53 Å². The maximum Gasteiger partial charge on any atom is 0.431 e. The van der Waals surface area contributed by atoms with Crippen LogP contribution < -0.4 is 0 Å². The Morgan fingerprint density at radius 2 is 1.40 bits per heavy atom. The molecule has 0 aromatic heterocycles. The fourth-order valence-electron chi connectivity index (χ4n) is 1.01. The number of epoxide rings is 1. The lowest BCUT2D eigenvalue weighted by atomic mass is 10.0. The number of hydrogen-bond donors (Lipinski definition) is 0. The van der Waals surface area contributed by atoms with Crippen molar-refractivity contribution in [1.29, 1.82) is 0 Å². The van der Waals surface area contributed by atoms with Crippen LogP contribution in [0.3, 0.4) is 0 Å². The highest BCUT2D eigenvalue weighted by Crippen LogP contribution is 2.67. The van der Waals surface area contributed by atoms with Crippen LogP contribution in [0.5, 0.6) is 0 Å². The first-order chi connectivity index (χ1) is 6.40. The average Bonchev–Trinajstić information content (AvgIpc) is 2.56. The van der Waals surface area contributed by atoms with E-state index in [1.54, 1.807) is 0 Å². The van der Waals surface area contributed by atoms with E-state index in [0.717, 1.165) is 0 Å². The van der Waals surface area contributed by atoms with Crippen LogP contribution in [0.2, 0.25) is 0 Å². The van der Waals surface area contributed by atoms with Gasteiger partial charge in [0.15, 0.2) is 0 Å². The summed E-state index contributed by atoms with van der Waals surface area (Å²) in [5.74, 6) is 0. The molecule has 1 rings (SSSR count). The molecule has 1 atom stereocenters. The minimum Gasteiger partial charge on any atom is -0.319 e. The number of carbonyl (C=O) groups is 1. The van der Waals surface area contributed by atoms with Gasteiger partial charge in [0, 0.05) is 0 Å². The summed E-state index contributed by atoms with van der Waals surface area (Å²) >= 11 is 4.48. The van der Waals surface area contributed by atoms with Gasteiger partial charge in [0.25, 0.3) is 5.06 Å². The predicted octanol–water partition coefficient (Wildman–Crippen LogP) is 2.31. The fraction of sp³-hybridized carbons (Fsp3) is 0.800. The quantitative estimate of drug-likeness (QED) is 0.313. The molecule has 10 heteroatoms. The van der Waals surface area contributed by atoms with E-state index in [0.29, 0.717) is 0 Å². The van der Waals surface area contributed by atoms with E-state index in [2.05, 4.69) is 16.3 Å². The molecule has 1 heterocycles. The first-order valence-electron chi connectivity index (χ1n) is 3.12. The Morgan fingerprint density at radius 3 is 1.47 bits per heavy atom. The summed E-state index contributed by atoms with van der Waals surface area (Å²) in [6.45, 7) is 0. The lowest BCUT2D eigenvalue weighted by molar-refractivity contribution is -0.292. The molecule has 0 aromatic carbocycles. The number of halogens is 8. The van der Waals surface area contributed by atoms with Crippen molar-refractivity contribution >= 4 is 17.6 Å². The summed E-state index contributed by atoms with van der Waals surface area (Å²) in [5, 5.41) is -4.05. The van der Waals surface area contributed by atoms with E-state index in [1.807, 2.05) is 0 Å². The third-order valence-electron chi connectivity index (χ3n) is 1.76. The van der Waals surface area contributed by atoms with Gasteiger partial charge >= 0.3 is 24.0 Å².